The second-order valence-electron chi connectivity index (χ2n) is 6.54. The summed E-state index contributed by atoms with van der Waals surface area (Å²) < 4.78 is 5.42. The molecule has 2 aromatic rings. The molecule has 7 nitrogen and oxygen atoms in total. The van der Waals surface area contributed by atoms with Crippen molar-refractivity contribution >= 4 is 28.3 Å². The molecule has 0 radical (unpaired) electrons. The normalized spacial score (nSPS) is 11.2. The first kappa shape index (κ1) is 18.9. The number of carbonyl (C=O) groups is 2. The second kappa shape index (κ2) is 8.06. The van der Waals surface area contributed by atoms with Crippen molar-refractivity contribution in [3.05, 3.63) is 34.8 Å². The van der Waals surface area contributed by atoms with E-state index in [1.165, 1.54) is 11.3 Å². The fourth-order valence-electron chi connectivity index (χ4n) is 1.88. The summed E-state index contributed by atoms with van der Waals surface area (Å²) in [5.41, 5.74) is 0.794. The predicted octanol–water partition coefficient (Wildman–Crippen LogP) is 2.87. The highest BCUT2D eigenvalue weighted by molar-refractivity contribution is 7.15. The van der Waals surface area contributed by atoms with E-state index in [-0.39, 0.29) is 24.3 Å². The quantitative estimate of drug-likeness (QED) is 0.784. The van der Waals surface area contributed by atoms with Gasteiger partial charge in [-0.3, -0.25) is 14.9 Å². The van der Waals surface area contributed by atoms with E-state index in [1.807, 2.05) is 20.8 Å². The van der Waals surface area contributed by atoms with Crippen molar-refractivity contribution < 1.29 is 19.4 Å². The molecule has 2 N–H and O–H groups in total. The zero-order valence-corrected chi connectivity index (χ0v) is 15.2. The number of carboxylic acid groups (broad SMARTS) is 1. The number of anilines is 1. The Hall–Kier alpha value is -2.48. The number of aliphatic carboxylic acids is 1. The van der Waals surface area contributed by atoms with Gasteiger partial charge < -0.3 is 9.84 Å². The molecule has 0 aliphatic carbocycles. The molecule has 0 bridgehead atoms. The number of nitrogens with zero attached hydrogens (tertiary/aromatic N) is 2. The molecule has 0 atom stereocenters. The third-order valence-electron chi connectivity index (χ3n) is 3.23. The average Bonchev–Trinajstić information content (AvgIpc) is 3.00. The van der Waals surface area contributed by atoms with E-state index in [1.54, 1.807) is 24.3 Å². The van der Waals surface area contributed by atoms with Crippen LogP contribution in [0.1, 0.15) is 37.8 Å². The van der Waals surface area contributed by atoms with Crippen molar-refractivity contribution in [1.29, 1.82) is 0 Å². The lowest BCUT2D eigenvalue weighted by Crippen LogP contribution is -2.20. The minimum absolute atomic E-state index is 0.0843. The summed E-state index contributed by atoms with van der Waals surface area (Å²) in [6.07, 6.45) is 0.546. The number of carboxylic acids is 1. The highest BCUT2D eigenvalue weighted by Crippen LogP contribution is 2.27. The minimum atomic E-state index is -0.830. The van der Waals surface area contributed by atoms with E-state index in [0.29, 0.717) is 17.3 Å². The van der Waals surface area contributed by atoms with Crippen molar-refractivity contribution in [3.8, 4) is 5.75 Å². The summed E-state index contributed by atoms with van der Waals surface area (Å²) in [6.45, 7) is 5.95. The van der Waals surface area contributed by atoms with Crippen molar-refractivity contribution in [2.75, 3.05) is 11.9 Å². The predicted molar refractivity (Wildman–Crippen MR) is 95.1 cm³/mol. The van der Waals surface area contributed by atoms with Gasteiger partial charge in [-0.25, -0.2) is 0 Å². The number of carbonyl (C=O) groups excluding carboxylic acids is 1. The lowest BCUT2D eigenvalue weighted by molar-refractivity contribution is -0.137. The Bertz CT molecular complexity index is 735. The highest BCUT2D eigenvalue weighted by Gasteiger charge is 2.20. The van der Waals surface area contributed by atoms with Crippen LogP contribution in [0.4, 0.5) is 5.13 Å². The molecule has 0 aliphatic heterocycles. The first-order valence-corrected chi connectivity index (χ1v) is 8.63. The molecule has 8 heteroatoms. The van der Waals surface area contributed by atoms with Crippen molar-refractivity contribution in [2.24, 2.45) is 0 Å². The van der Waals surface area contributed by atoms with Crippen molar-refractivity contribution in [1.82, 2.24) is 10.2 Å². The van der Waals surface area contributed by atoms with Gasteiger partial charge in [-0.1, -0.05) is 44.2 Å². The largest absolute Gasteiger partial charge is 0.484 e. The maximum Gasteiger partial charge on any atom is 0.303 e. The van der Waals surface area contributed by atoms with Gasteiger partial charge in [-0.2, -0.15) is 0 Å². The molecule has 1 aromatic heterocycles. The van der Waals surface area contributed by atoms with E-state index >= 15 is 0 Å². The lowest BCUT2D eigenvalue weighted by atomic mass is 9.98. The third-order valence-corrected chi connectivity index (χ3v) is 4.50. The van der Waals surface area contributed by atoms with Crippen LogP contribution in [0.5, 0.6) is 5.75 Å². The number of aryl methyl sites for hydroxylation is 1. The number of hydrogen-bond acceptors (Lipinski definition) is 6. The fraction of sp³-hybridized carbons (Fsp3) is 0.412. The number of benzene rings is 1. The molecule has 0 saturated carbocycles. The van der Waals surface area contributed by atoms with Crippen LogP contribution in [0.3, 0.4) is 0 Å². The van der Waals surface area contributed by atoms with Gasteiger partial charge in [0.1, 0.15) is 10.8 Å². The van der Waals surface area contributed by atoms with Crippen molar-refractivity contribution in [2.45, 2.75) is 39.0 Å². The van der Waals surface area contributed by atoms with Crippen LogP contribution >= 0.6 is 11.3 Å². The number of aromatic nitrogens is 2. The van der Waals surface area contributed by atoms with Gasteiger partial charge >= 0.3 is 5.97 Å². The summed E-state index contributed by atoms with van der Waals surface area (Å²) in [5.74, 6) is -0.600. The maximum atomic E-state index is 11.9. The number of nitrogens with one attached hydrogen (secondary N) is 1. The molecule has 0 fully saturated rings. The van der Waals surface area contributed by atoms with Crippen LogP contribution in [0.15, 0.2) is 24.3 Å². The summed E-state index contributed by atoms with van der Waals surface area (Å²) in [5, 5.41) is 20.6. The molecule has 1 amide bonds. The third kappa shape index (κ3) is 6.15. The van der Waals surface area contributed by atoms with E-state index in [0.717, 1.165) is 10.6 Å². The van der Waals surface area contributed by atoms with Crippen molar-refractivity contribution in [3.63, 3.8) is 0 Å². The minimum Gasteiger partial charge on any atom is -0.484 e. The maximum absolute atomic E-state index is 11.9. The Morgan fingerprint density at radius 2 is 1.88 bits per heavy atom. The van der Waals surface area contributed by atoms with E-state index in [9.17, 15) is 9.59 Å². The molecule has 134 valence electrons. The SMILES string of the molecule is CC(C)(C)c1nnc(NC(=O)COc2ccc(CCC(=O)O)cc2)s1. The van der Waals surface area contributed by atoms with Crippen LogP contribution in [-0.4, -0.2) is 33.8 Å². The first-order chi connectivity index (χ1) is 11.7. The Kier molecular flexibility index (Phi) is 6.08. The molecule has 0 unspecified atom stereocenters. The monoisotopic (exact) mass is 363 g/mol. The summed E-state index contributed by atoms with van der Waals surface area (Å²) in [4.78, 5) is 22.5. The van der Waals surface area contributed by atoms with Crippen LogP contribution in [-0.2, 0) is 21.4 Å². The molecule has 25 heavy (non-hydrogen) atoms. The Morgan fingerprint density at radius 3 is 2.44 bits per heavy atom. The van der Waals surface area contributed by atoms with Gasteiger partial charge in [0.2, 0.25) is 5.13 Å². The van der Waals surface area contributed by atoms with Gasteiger partial charge in [-0.15, -0.1) is 10.2 Å². The standard InChI is InChI=1S/C17H21N3O4S/c1-17(2,3)15-19-20-16(25-15)18-13(21)10-24-12-7-4-11(5-8-12)6-9-14(22)23/h4-5,7-8H,6,9-10H2,1-3H3,(H,22,23)(H,18,20,21). The Balaban J connectivity index is 1.81. The van der Waals surface area contributed by atoms with Crippen LogP contribution < -0.4 is 10.1 Å². The van der Waals surface area contributed by atoms with Gasteiger partial charge in [0.05, 0.1) is 0 Å². The molecular formula is C17H21N3O4S. The topological polar surface area (TPSA) is 101 Å². The zero-order valence-electron chi connectivity index (χ0n) is 14.4. The summed E-state index contributed by atoms with van der Waals surface area (Å²) >= 11 is 1.34. The van der Waals surface area contributed by atoms with Crippen LogP contribution in [0.25, 0.3) is 0 Å². The average molecular weight is 363 g/mol. The van der Waals surface area contributed by atoms with Crippen LogP contribution in [0, 0.1) is 0 Å². The van der Waals surface area contributed by atoms with Gasteiger partial charge in [0.25, 0.3) is 5.91 Å². The highest BCUT2D eigenvalue weighted by atomic mass is 32.1. The number of hydrogen-bond donors (Lipinski definition) is 2. The Labute approximate surface area is 150 Å². The lowest BCUT2D eigenvalue weighted by Gasteiger charge is -2.12. The molecule has 0 spiro atoms. The number of amides is 1. The number of ether oxygens (including phenoxy) is 1. The molecule has 1 heterocycles. The fourth-order valence-corrected chi connectivity index (χ4v) is 2.70. The number of rotatable bonds is 7. The van der Waals surface area contributed by atoms with E-state index < -0.39 is 5.97 Å². The molecule has 0 aliphatic rings. The molecule has 2 rings (SSSR count). The van der Waals surface area contributed by atoms with E-state index in [2.05, 4.69) is 15.5 Å². The Morgan fingerprint density at radius 1 is 1.20 bits per heavy atom. The van der Waals surface area contributed by atoms with Crippen LogP contribution in [0.2, 0.25) is 0 Å². The molecule has 0 saturated heterocycles. The summed E-state index contributed by atoms with van der Waals surface area (Å²) in [7, 11) is 0. The summed E-state index contributed by atoms with van der Waals surface area (Å²) in [6, 6.07) is 7.01. The second-order valence-corrected chi connectivity index (χ2v) is 7.51. The first-order valence-electron chi connectivity index (χ1n) is 7.81. The zero-order chi connectivity index (χ0) is 18.4. The van der Waals surface area contributed by atoms with Gasteiger partial charge in [0, 0.05) is 11.8 Å². The molecular weight excluding hydrogens is 342 g/mol. The smallest absolute Gasteiger partial charge is 0.303 e. The molecule has 1 aromatic carbocycles. The van der Waals surface area contributed by atoms with Gasteiger partial charge in [0.15, 0.2) is 6.61 Å². The van der Waals surface area contributed by atoms with E-state index in [4.69, 9.17) is 9.84 Å². The van der Waals surface area contributed by atoms with Gasteiger partial charge in [-0.05, 0) is 24.1 Å².